The molecule has 2 bridgehead atoms. The maximum Gasteiger partial charge on any atom is 0.248 e. The summed E-state index contributed by atoms with van der Waals surface area (Å²) in [5.74, 6) is -2.02. The number of alkyl halides is 2. The number of aryl methyl sites for hydroxylation is 1. The monoisotopic (exact) mass is 580 g/mol. The predicted molar refractivity (Wildman–Crippen MR) is 157 cm³/mol. The van der Waals surface area contributed by atoms with Gasteiger partial charge in [0.05, 0.1) is 7.11 Å². The molecule has 4 saturated carbocycles. The van der Waals surface area contributed by atoms with Gasteiger partial charge in [-0.05, 0) is 98.9 Å². The maximum absolute atomic E-state index is 14.0. The molecule has 0 saturated heterocycles. The third kappa shape index (κ3) is 5.87. The van der Waals surface area contributed by atoms with Crippen LogP contribution in [-0.2, 0) is 10.2 Å². The smallest absolute Gasteiger partial charge is 0.248 e. The van der Waals surface area contributed by atoms with Gasteiger partial charge in [0.2, 0.25) is 17.7 Å². The number of benzene rings is 1. The van der Waals surface area contributed by atoms with E-state index >= 15 is 0 Å². The summed E-state index contributed by atoms with van der Waals surface area (Å²) in [6.07, 6.45) is 8.93. The van der Waals surface area contributed by atoms with E-state index in [1.54, 1.807) is 24.6 Å². The van der Waals surface area contributed by atoms with Gasteiger partial charge in [0.15, 0.2) is 0 Å². The van der Waals surface area contributed by atoms with Crippen molar-refractivity contribution in [1.82, 2.24) is 15.2 Å². The highest BCUT2D eigenvalue weighted by Gasteiger charge is 2.52. The van der Waals surface area contributed by atoms with Crippen molar-refractivity contribution in [3.63, 3.8) is 0 Å². The van der Waals surface area contributed by atoms with Crippen LogP contribution in [0.3, 0.4) is 0 Å². The largest absolute Gasteiger partial charge is 0.481 e. The molecule has 4 aliphatic rings. The van der Waals surface area contributed by atoms with Crippen LogP contribution in [0.4, 0.5) is 14.5 Å². The number of rotatable bonds is 8. The van der Waals surface area contributed by atoms with E-state index < -0.39 is 5.92 Å². The maximum atomic E-state index is 14.0. The third-order valence-electron chi connectivity index (χ3n) is 9.91. The number of hydrogen-bond acceptors (Lipinski definition) is 6. The Kier molecular flexibility index (Phi) is 7.59. The lowest BCUT2D eigenvalue weighted by molar-refractivity contribution is -0.121. The van der Waals surface area contributed by atoms with Crippen LogP contribution in [0.5, 0.6) is 5.88 Å². The van der Waals surface area contributed by atoms with Gasteiger partial charge < -0.3 is 9.64 Å². The number of fused-ring (bicyclic) bond motifs is 3. The molecule has 9 heteroatoms. The molecule has 2 aromatic heterocycles. The Labute approximate surface area is 244 Å². The van der Waals surface area contributed by atoms with E-state index in [0.29, 0.717) is 31.7 Å². The van der Waals surface area contributed by atoms with Crippen LogP contribution in [0.1, 0.15) is 80.6 Å². The molecule has 0 N–H and O–H groups in total. The van der Waals surface area contributed by atoms with E-state index in [2.05, 4.69) is 21.2 Å². The van der Waals surface area contributed by atoms with Crippen molar-refractivity contribution in [3.8, 4) is 17.0 Å². The summed E-state index contributed by atoms with van der Waals surface area (Å²) in [6, 6.07) is 11.9. The lowest BCUT2D eigenvalue weighted by Gasteiger charge is -2.53. The Bertz CT molecular complexity index is 1380. The summed E-state index contributed by atoms with van der Waals surface area (Å²) in [7, 11) is 1.60. The molecule has 2 heterocycles. The number of pyridine rings is 1. The minimum Gasteiger partial charge on any atom is -0.481 e. The van der Waals surface area contributed by atoms with Gasteiger partial charge in [0, 0.05) is 49.2 Å². The standard InChI is InChI=1S/C32H38F2N4O2S/c1-22-36-37-29(41-22)31-14-11-30(12-15-31,13-16-31)21-38(28(39)18-23-6-9-32(33,34)10-7-23)26-5-3-4-24(19-26)25-8-17-35-27(20-25)40-2/h3-5,8,17,19-20,23H,6-7,9-16,18,21H2,1-2H3. The first-order chi connectivity index (χ1) is 19.7. The number of carbonyl (C=O) groups is 1. The van der Waals surface area contributed by atoms with Crippen LogP contribution < -0.4 is 9.64 Å². The Hall–Kier alpha value is -2.94. The second-order valence-electron chi connectivity index (χ2n) is 12.5. The molecule has 7 rings (SSSR count). The first-order valence-electron chi connectivity index (χ1n) is 14.8. The van der Waals surface area contributed by atoms with Crippen molar-refractivity contribution < 1.29 is 18.3 Å². The van der Waals surface area contributed by atoms with E-state index in [1.165, 1.54) is 5.01 Å². The number of anilines is 1. The van der Waals surface area contributed by atoms with Crippen LogP contribution in [0.2, 0.25) is 0 Å². The van der Waals surface area contributed by atoms with Gasteiger partial charge in [-0.25, -0.2) is 13.8 Å². The predicted octanol–water partition coefficient (Wildman–Crippen LogP) is 7.76. The first-order valence-corrected chi connectivity index (χ1v) is 15.6. The highest BCUT2D eigenvalue weighted by Crippen LogP contribution is 2.58. The quantitative estimate of drug-likeness (QED) is 0.272. The molecule has 0 aliphatic heterocycles. The highest BCUT2D eigenvalue weighted by molar-refractivity contribution is 7.11. The SMILES string of the molecule is COc1cc(-c2cccc(N(CC34CCC(c5nnc(C)s5)(CC3)CC4)C(=O)CC3CCC(F)(F)CC3)c2)ccn1. The van der Waals surface area contributed by atoms with Gasteiger partial charge in [-0.15, -0.1) is 21.5 Å². The summed E-state index contributed by atoms with van der Waals surface area (Å²) in [6.45, 7) is 2.67. The molecule has 1 aromatic carbocycles. The summed E-state index contributed by atoms with van der Waals surface area (Å²) in [5, 5.41) is 11.0. The fraction of sp³-hybridized carbons (Fsp3) is 0.562. The topological polar surface area (TPSA) is 68.2 Å². The number of hydrogen-bond donors (Lipinski definition) is 0. The molecule has 0 spiro atoms. The van der Waals surface area contributed by atoms with Crippen LogP contribution in [0.15, 0.2) is 42.6 Å². The number of aromatic nitrogens is 3. The Balaban J connectivity index is 1.26. The van der Waals surface area contributed by atoms with Gasteiger partial charge in [0.25, 0.3) is 0 Å². The van der Waals surface area contributed by atoms with E-state index in [1.807, 2.05) is 42.2 Å². The van der Waals surface area contributed by atoms with E-state index in [9.17, 15) is 13.6 Å². The fourth-order valence-corrected chi connectivity index (χ4v) is 8.17. The zero-order valence-corrected chi connectivity index (χ0v) is 24.7. The van der Waals surface area contributed by atoms with Crippen molar-refractivity contribution in [2.24, 2.45) is 11.3 Å². The van der Waals surface area contributed by atoms with Crippen molar-refractivity contribution in [1.29, 1.82) is 0 Å². The minimum absolute atomic E-state index is 0.000713. The van der Waals surface area contributed by atoms with Gasteiger partial charge in [0.1, 0.15) is 10.0 Å². The molecule has 41 heavy (non-hydrogen) atoms. The van der Waals surface area contributed by atoms with Crippen LogP contribution in [0, 0.1) is 18.3 Å². The van der Waals surface area contributed by atoms with Crippen molar-refractivity contribution in [2.45, 2.75) is 88.9 Å². The number of halogens is 2. The second kappa shape index (κ2) is 11.0. The minimum atomic E-state index is -2.60. The molecule has 4 aliphatic carbocycles. The Morgan fingerprint density at radius 1 is 1.00 bits per heavy atom. The number of methoxy groups -OCH3 is 1. The van der Waals surface area contributed by atoms with Gasteiger partial charge in [-0.3, -0.25) is 4.79 Å². The number of amides is 1. The molecule has 0 atom stereocenters. The molecule has 3 aromatic rings. The molecule has 218 valence electrons. The first kappa shape index (κ1) is 28.2. The van der Waals surface area contributed by atoms with E-state index in [0.717, 1.165) is 60.3 Å². The average Bonchev–Trinajstić information content (AvgIpc) is 3.45. The molecule has 4 fully saturated rings. The molecule has 0 radical (unpaired) electrons. The summed E-state index contributed by atoms with van der Waals surface area (Å²) < 4.78 is 33.0. The highest BCUT2D eigenvalue weighted by atomic mass is 32.1. The number of ether oxygens (including phenoxy) is 1. The van der Waals surface area contributed by atoms with Crippen molar-refractivity contribution >= 4 is 22.9 Å². The molecule has 1 amide bonds. The lowest BCUT2D eigenvalue weighted by Crippen LogP contribution is -2.51. The van der Waals surface area contributed by atoms with Gasteiger partial charge in [-0.2, -0.15) is 0 Å². The van der Waals surface area contributed by atoms with Crippen LogP contribution in [0.25, 0.3) is 11.1 Å². The zero-order valence-electron chi connectivity index (χ0n) is 23.9. The van der Waals surface area contributed by atoms with Crippen LogP contribution >= 0.6 is 11.3 Å². The summed E-state index contributed by atoms with van der Waals surface area (Å²) in [5.41, 5.74) is 2.98. The summed E-state index contributed by atoms with van der Waals surface area (Å²) in [4.78, 5) is 20.2. The fourth-order valence-electron chi connectivity index (χ4n) is 7.21. The van der Waals surface area contributed by atoms with Gasteiger partial charge >= 0.3 is 0 Å². The molecule has 0 unspecified atom stereocenters. The third-order valence-corrected chi connectivity index (χ3v) is 11.0. The lowest BCUT2D eigenvalue weighted by atomic mass is 9.53. The normalized spacial score (nSPS) is 25.7. The van der Waals surface area contributed by atoms with Crippen molar-refractivity contribution in [3.05, 3.63) is 52.6 Å². The molecule has 6 nitrogen and oxygen atoms in total. The summed E-state index contributed by atoms with van der Waals surface area (Å²) >= 11 is 1.72. The van der Waals surface area contributed by atoms with Crippen LogP contribution in [-0.4, -0.2) is 40.7 Å². The van der Waals surface area contributed by atoms with Gasteiger partial charge in [-0.1, -0.05) is 12.1 Å². The Morgan fingerprint density at radius 2 is 1.71 bits per heavy atom. The second-order valence-corrected chi connectivity index (χ2v) is 13.7. The molecular formula is C32H38F2N4O2S. The Morgan fingerprint density at radius 3 is 2.37 bits per heavy atom. The zero-order chi connectivity index (χ0) is 28.7. The van der Waals surface area contributed by atoms with E-state index in [4.69, 9.17) is 4.74 Å². The number of carbonyl (C=O) groups excluding carboxylic acids is 1. The number of nitrogens with zero attached hydrogens (tertiary/aromatic N) is 4. The van der Waals surface area contributed by atoms with E-state index in [-0.39, 0.29) is 35.5 Å². The molecular weight excluding hydrogens is 542 g/mol. The average molecular weight is 581 g/mol. The van der Waals surface area contributed by atoms with Crippen molar-refractivity contribution in [2.75, 3.05) is 18.6 Å².